The zero-order valence-electron chi connectivity index (χ0n) is 14.9. The molecule has 2 aromatic carbocycles. The summed E-state index contributed by atoms with van der Waals surface area (Å²) in [4.78, 5) is 12.1. The zero-order chi connectivity index (χ0) is 20.0. The number of nitrogens with one attached hydrogen (secondary N) is 1. The lowest BCUT2D eigenvalue weighted by atomic mass is 10.3. The van der Waals surface area contributed by atoms with E-state index in [4.69, 9.17) is 16.3 Å². The van der Waals surface area contributed by atoms with Crippen molar-refractivity contribution < 1.29 is 17.9 Å². The molecule has 1 N–H and O–H groups in total. The van der Waals surface area contributed by atoms with Gasteiger partial charge in [0.15, 0.2) is 6.61 Å². The Hall–Kier alpha value is -1.61. The van der Waals surface area contributed by atoms with E-state index in [2.05, 4.69) is 21.2 Å². The molecule has 2 aromatic rings. The first-order chi connectivity index (χ1) is 12.8. The monoisotopic (exact) mass is 474 g/mol. The maximum Gasteiger partial charge on any atom is 0.262 e. The largest absolute Gasteiger partial charge is 0.482 e. The summed E-state index contributed by atoms with van der Waals surface area (Å²) in [6.07, 6.45) is 0. The van der Waals surface area contributed by atoms with E-state index in [1.54, 1.807) is 26.0 Å². The molecule has 0 atom stereocenters. The maximum absolute atomic E-state index is 12.5. The minimum Gasteiger partial charge on any atom is -0.482 e. The van der Waals surface area contributed by atoms with Gasteiger partial charge in [0.25, 0.3) is 5.91 Å². The molecule has 0 bridgehead atoms. The van der Waals surface area contributed by atoms with Crippen molar-refractivity contribution in [3.05, 3.63) is 52.0 Å². The van der Waals surface area contributed by atoms with Crippen LogP contribution in [0.15, 0.2) is 51.8 Å². The van der Waals surface area contributed by atoms with E-state index < -0.39 is 10.0 Å². The van der Waals surface area contributed by atoms with Gasteiger partial charge >= 0.3 is 0 Å². The molecule has 0 heterocycles. The first-order valence-electron chi connectivity index (χ1n) is 8.25. The van der Waals surface area contributed by atoms with E-state index in [0.29, 0.717) is 18.8 Å². The van der Waals surface area contributed by atoms with Crippen LogP contribution in [0.2, 0.25) is 5.02 Å². The number of ether oxygens (including phenoxy) is 1. The van der Waals surface area contributed by atoms with Gasteiger partial charge in [-0.25, -0.2) is 8.42 Å². The van der Waals surface area contributed by atoms with Gasteiger partial charge < -0.3 is 10.1 Å². The number of sulfonamides is 1. The molecule has 0 aliphatic carbocycles. The molecule has 146 valence electrons. The third-order valence-electron chi connectivity index (χ3n) is 3.73. The molecule has 0 aromatic heterocycles. The normalized spacial score (nSPS) is 11.4. The van der Waals surface area contributed by atoms with Gasteiger partial charge in [-0.2, -0.15) is 4.31 Å². The lowest BCUT2D eigenvalue weighted by molar-refractivity contribution is -0.118. The molecule has 27 heavy (non-hydrogen) atoms. The number of hydrogen-bond donors (Lipinski definition) is 1. The summed E-state index contributed by atoms with van der Waals surface area (Å²) >= 11 is 9.46. The molecule has 0 saturated heterocycles. The maximum atomic E-state index is 12.5. The number of amides is 1. The van der Waals surface area contributed by atoms with Crippen LogP contribution in [0.3, 0.4) is 0 Å². The molecule has 6 nitrogen and oxygen atoms in total. The first-order valence-corrected chi connectivity index (χ1v) is 10.9. The summed E-state index contributed by atoms with van der Waals surface area (Å²) in [6.45, 7) is 4.02. The highest BCUT2D eigenvalue weighted by Gasteiger charge is 2.22. The van der Waals surface area contributed by atoms with Gasteiger partial charge in [-0.1, -0.05) is 41.4 Å². The quantitative estimate of drug-likeness (QED) is 0.622. The van der Waals surface area contributed by atoms with Gasteiger partial charge in [0.1, 0.15) is 5.75 Å². The minimum absolute atomic E-state index is 0.0860. The van der Waals surface area contributed by atoms with Crippen molar-refractivity contribution in [1.82, 2.24) is 4.31 Å². The van der Waals surface area contributed by atoms with Crippen LogP contribution in [-0.4, -0.2) is 38.3 Å². The lowest BCUT2D eigenvalue weighted by Crippen LogP contribution is -2.30. The third-order valence-corrected chi connectivity index (χ3v) is 6.60. The second kappa shape index (κ2) is 9.54. The Morgan fingerprint density at radius 2 is 1.78 bits per heavy atom. The second-order valence-electron chi connectivity index (χ2n) is 5.53. The van der Waals surface area contributed by atoms with Gasteiger partial charge in [0.05, 0.1) is 9.92 Å². The van der Waals surface area contributed by atoms with Crippen molar-refractivity contribution in [2.45, 2.75) is 18.7 Å². The highest BCUT2D eigenvalue weighted by Crippen LogP contribution is 2.28. The molecule has 0 radical (unpaired) electrons. The molecule has 0 fully saturated rings. The summed E-state index contributed by atoms with van der Waals surface area (Å²) in [5, 5.41) is 2.82. The molecule has 1 amide bonds. The summed E-state index contributed by atoms with van der Waals surface area (Å²) in [5.41, 5.74) is 0.638. The second-order valence-corrected chi connectivity index (χ2v) is 8.79. The standard InChI is InChI=1S/C18H20BrClN2O4S/c1-3-22(4-2)27(24,25)15-9-10-17(16(20)11-15)26-12-18(23)21-14-7-5-13(19)6-8-14/h5-11H,3-4,12H2,1-2H3,(H,21,23). The van der Waals surface area contributed by atoms with Gasteiger partial charge in [-0.05, 0) is 42.5 Å². The Labute approximate surface area is 172 Å². The Morgan fingerprint density at radius 1 is 1.15 bits per heavy atom. The number of halogens is 2. The number of nitrogens with zero attached hydrogens (tertiary/aromatic N) is 1. The molecule has 0 saturated carbocycles. The fraction of sp³-hybridized carbons (Fsp3) is 0.278. The Kier molecular flexibility index (Phi) is 7.67. The topological polar surface area (TPSA) is 75.7 Å². The summed E-state index contributed by atoms with van der Waals surface area (Å²) in [6, 6.07) is 11.3. The third kappa shape index (κ3) is 5.68. The van der Waals surface area contributed by atoms with Crippen molar-refractivity contribution in [2.24, 2.45) is 0 Å². The van der Waals surface area contributed by atoms with Crippen LogP contribution in [-0.2, 0) is 14.8 Å². The smallest absolute Gasteiger partial charge is 0.262 e. The molecular weight excluding hydrogens is 456 g/mol. The van der Waals surface area contributed by atoms with Crippen LogP contribution in [0.4, 0.5) is 5.69 Å². The van der Waals surface area contributed by atoms with Crippen LogP contribution < -0.4 is 10.1 Å². The van der Waals surface area contributed by atoms with Crippen molar-refractivity contribution in [3.63, 3.8) is 0 Å². The molecule has 0 aliphatic heterocycles. The van der Waals surface area contributed by atoms with E-state index >= 15 is 0 Å². The Balaban J connectivity index is 2.03. The molecule has 9 heteroatoms. The molecule has 0 spiro atoms. The van der Waals surface area contributed by atoms with E-state index in [-0.39, 0.29) is 28.2 Å². The molecular formula is C18H20BrClN2O4S. The fourth-order valence-electron chi connectivity index (χ4n) is 2.35. The van der Waals surface area contributed by atoms with Gasteiger partial charge in [-0.15, -0.1) is 0 Å². The lowest BCUT2D eigenvalue weighted by Gasteiger charge is -2.19. The van der Waals surface area contributed by atoms with Gasteiger partial charge in [0, 0.05) is 23.2 Å². The number of anilines is 1. The van der Waals surface area contributed by atoms with Crippen molar-refractivity contribution in [1.29, 1.82) is 0 Å². The zero-order valence-corrected chi connectivity index (χ0v) is 18.1. The number of rotatable bonds is 8. The summed E-state index contributed by atoms with van der Waals surface area (Å²) in [5.74, 6) is -0.116. The molecule has 2 rings (SSSR count). The van der Waals surface area contributed by atoms with Gasteiger partial charge in [0.2, 0.25) is 10.0 Å². The summed E-state index contributed by atoms with van der Waals surface area (Å²) < 4.78 is 32.7. The first kappa shape index (κ1) is 21.7. The predicted molar refractivity (Wildman–Crippen MR) is 110 cm³/mol. The van der Waals surface area contributed by atoms with E-state index in [1.165, 1.54) is 22.5 Å². The SMILES string of the molecule is CCN(CC)S(=O)(=O)c1ccc(OCC(=O)Nc2ccc(Br)cc2)c(Cl)c1. The fourth-order valence-corrected chi connectivity index (χ4v) is 4.39. The minimum atomic E-state index is -3.61. The predicted octanol–water partition coefficient (Wildman–Crippen LogP) is 4.15. The highest BCUT2D eigenvalue weighted by molar-refractivity contribution is 9.10. The van der Waals surface area contributed by atoms with Crippen LogP contribution in [0.25, 0.3) is 0 Å². The van der Waals surface area contributed by atoms with Crippen molar-refractivity contribution >= 4 is 49.1 Å². The number of carbonyl (C=O) groups is 1. The van der Waals surface area contributed by atoms with E-state index in [1.807, 2.05) is 12.1 Å². The average Bonchev–Trinajstić information content (AvgIpc) is 2.63. The number of hydrogen-bond acceptors (Lipinski definition) is 4. The highest BCUT2D eigenvalue weighted by atomic mass is 79.9. The average molecular weight is 476 g/mol. The van der Waals surface area contributed by atoms with Crippen molar-refractivity contribution in [2.75, 3.05) is 25.0 Å². The van der Waals surface area contributed by atoms with Gasteiger partial charge in [-0.3, -0.25) is 4.79 Å². The van der Waals surface area contributed by atoms with Crippen LogP contribution in [0, 0.1) is 0 Å². The Bertz CT molecular complexity index is 900. The number of benzene rings is 2. The number of carbonyl (C=O) groups excluding carboxylic acids is 1. The Morgan fingerprint density at radius 3 is 2.33 bits per heavy atom. The molecule has 0 unspecified atom stereocenters. The van der Waals surface area contributed by atoms with E-state index in [9.17, 15) is 13.2 Å². The van der Waals surface area contributed by atoms with E-state index in [0.717, 1.165) is 4.47 Å². The molecule has 0 aliphatic rings. The van der Waals surface area contributed by atoms with Crippen LogP contribution >= 0.6 is 27.5 Å². The van der Waals surface area contributed by atoms with Crippen LogP contribution in [0.5, 0.6) is 5.75 Å². The van der Waals surface area contributed by atoms with Crippen molar-refractivity contribution in [3.8, 4) is 5.75 Å². The summed E-state index contributed by atoms with van der Waals surface area (Å²) in [7, 11) is -3.61. The van der Waals surface area contributed by atoms with Crippen LogP contribution in [0.1, 0.15) is 13.8 Å².